The third-order valence-electron chi connectivity index (χ3n) is 4.91. The van der Waals surface area contributed by atoms with Gasteiger partial charge in [0.25, 0.3) is 0 Å². The Kier molecular flexibility index (Phi) is 4.72. The molecule has 0 atom stereocenters. The summed E-state index contributed by atoms with van der Waals surface area (Å²) in [6.07, 6.45) is 5.02. The molecule has 2 fully saturated rings. The van der Waals surface area contributed by atoms with E-state index in [0.717, 1.165) is 40.9 Å². The predicted octanol–water partition coefficient (Wildman–Crippen LogP) is 4.80. The van der Waals surface area contributed by atoms with E-state index in [1.165, 1.54) is 31.2 Å². The number of nitrogens with zero attached hydrogens (tertiary/aromatic N) is 4. The summed E-state index contributed by atoms with van der Waals surface area (Å²) in [6, 6.07) is 8.66. The Bertz CT molecular complexity index is 688. The van der Waals surface area contributed by atoms with Crippen LogP contribution in [0, 0.1) is 5.92 Å². The lowest BCUT2D eigenvalue weighted by molar-refractivity contribution is 0.429. The lowest BCUT2D eigenvalue weighted by Crippen LogP contribution is -2.34. The second-order valence-electron chi connectivity index (χ2n) is 6.97. The summed E-state index contributed by atoms with van der Waals surface area (Å²) >= 11 is 7.74. The average Bonchev–Trinajstić information content (AvgIpc) is 3.35. The molecule has 0 N–H and O–H groups in total. The van der Waals surface area contributed by atoms with Gasteiger partial charge in [-0.2, -0.15) is 0 Å². The minimum atomic E-state index is 0.599. The standard InChI is InChI=1S/C18H23ClN4S/c1-13-8-10-22(11-9-13)17-20-21-18(23(17)16-6-7-16)24-12-14-2-4-15(19)5-3-14/h2-5,13,16H,6-12H2,1H3. The molecular weight excluding hydrogens is 340 g/mol. The van der Waals surface area contributed by atoms with Crippen LogP contribution in [0.25, 0.3) is 0 Å². The van der Waals surface area contributed by atoms with Crippen LogP contribution in [0.1, 0.15) is 44.2 Å². The lowest BCUT2D eigenvalue weighted by Gasteiger charge is -2.31. The van der Waals surface area contributed by atoms with Crippen molar-refractivity contribution in [3.63, 3.8) is 0 Å². The van der Waals surface area contributed by atoms with Crippen LogP contribution in [0.3, 0.4) is 0 Å². The van der Waals surface area contributed by atoms with E-state index in [9.17, 15) is 0 Å². The molecular formula is C18H23ClN4S. The molecule has 24 heavy (non-hydrogen) atoms. The normalized spacial score (nSPS) is 19.0. The van der Waals surface area contributed by atoms with Crippen molar-refractivity contribution in [3.8, 4) is 0 Å². The fraction of sp³-hybridized carbons (Fsp3) is 0.556. The van der Waals surface area contributed by atoms with E-state index in [1.54, 1.807) is 11.8 Å². The first-order chi connectivity index (χ1) is 11.7. The minimum absolute atomic E-state index is 0.599. The molecule has 1 saturated heterocycles. The van der Waals surface area contributed by atoms with Crippen molar-refractivity contribution in [3.05, 3.63) is 34.9 Å². The molecule has 128 valence electrons. The van der Waals surface area contributed by atoms with E-state index in [4.69, 9.17) is 11.6 Å². The van der Waals surface area contributed by atoms with Gasteiger partial charge in [0.2, 0.25) is 5.95 Å². The summed E-state index contributed by atoms with van der Waals surface area (Å²) < 4.78 is 2.39. The molecule has 1 aliphatic carbocycles. The zero-order valence-electron chi connectivity index (χ0n) is 14.0. The Morgan fingerprint density at radius 2 is 1.79 bits per heavy atom. The first kappa shape index (κ1) is 16.3. The maximum absolute atomic E-state index is 5.96. The summed E-state index contributed by atoms with van der Waals surface area (Å²) in [6.45, 7) is 4.55. The Hall–Kier alpha value is -1.20. The Morgan fingerprint density at radius 3 is 2.46 bits per heavy atom. The molecule has 1 aromatic heterocycles. The van der Waals surface area contributed by atoms with Crippen molar-refractivity contribution in [2.24, 2.45) is 5.92 Å². The number of halogens is 1. The Morgan fingerprint density at radius 1 is 1.08 bits per heavy atom. The molecule has 1 saturated carbocycles. The van der Waals surface area contributed by atoms with Gasteiger partial charge in [0.15, 0.2) is 5.16 Å². The van der Waals surface area contributed by atoms with E-state index in [1.807, 2.05) is 12.1 Å². The largest absolute Gasteiger partial charge is 0.341 e. The number of anilines is 1. The van der Waals surface area contributed by atoms with Gasteiger partial charge in [-0.3, -0.25) is 4.57 Å². The summed E-state index contributed by atoms with van der Waals surface area (Å²) in [5, 5.41) is 10.9. The molecule has 2 aliphatic rings. The van der Waals surface area contributed by atoms with Gasteiger partial charge in [0, 0.05) is 29.9 Å². The molecule has 1 aromatic carbocycles. The number of benzene rings is 1. The minimum Gasteiger partial charge on any atom is -0.341 e. The average molecular weight is 363 g/mol. The molecule has 4 nitrogen and oxygen atoms in total. The summed E-state index contributed by atoms with van der Waals surface area (Å²) in [7, 11) is 0. The van der Waals surface area contributed by atoms with Gasteiger partial charge in [0.05, 0.1) is 0 Å². The zero-order chi connectivity index (χ0) is 16.5. The number of hydrogen-bond donors (Lipinski definition) is 0. The monoisotopic (exact) mass is 362 g/mol. The Labute approximate surface area is 152 Å². The van der Waals surface area contributed by atoms with Gasteiger partial charge >= 0.3 is 0 Å². The van der Waals surface area contributed by atoms with Crippen LogP contribution in [0.15, 0.2) is 29.4 Å². The molecule has 2 aromatic rings. The van der Waals surface area contributed by atoms with Crippen LogP contribution >= 0.6 is 23.4 Å². The van der Waals surface area contributed by atoms with E-state index in [-0.39, 0.29) is 0 Å². The zero-order valence-corrected chi connectivity index (χ0v) is 15.6. The number of piperidine rings is 1. The van der Waals surface area contributed by atoms with Crippen molar-refractivity contribution in [2.75, 3.05) is 18.0 Å². The van der Waals surface area contributed by atoms with Crippen molar-refractivity contribution >= 4 is 29.3 Å². The van der Waals surface area contributed by atoms with Crippen LogP contribution in [0.4, 0.5) is 5.95 Å². The van der Waals surface area contributed by atoms with Crippen molar-refractivity contribution < 1.29 is 0 Å². The van der Waals surface area contributed by atoms with Gasteiger partial charge in [-0.05, 0) is 49.3 Å². The summed E-state index contributed by atoms with van der Waals surface area (Å²) in [5.74, 6) is 2.82. The molecule has 0 amide bonds. The summed E-state index contributed by atoms with van der Waals surface area (Å²) in [4.78, 5) is 2.43. The number of hydrogen-bond acceptors (Lipinski definition) is 4. The maximum atomic E-state index is 5.96. The second kappa shape index (κ2) is 6.96. The molecule has 0 radical (unpaired) electrons. The highest BCUT2D eigenvalue weighted by Gasteiger charge is 2.32. The molecule has 0 spiro atoms. The molecule has 4 rings (SSSR count). The third kappa shape index (κ3) is 3.57. The van der Waals surface area contributed by atoms with E-state index in [2.05, 4.69) is 38.7 Å². The number of aromatic nitrogens is 3. The van der Waals surface area contributed by atoms with Crippen molar-refractivity contribution in [1.82, 2.24) is 14.8 Å². The number of thioether (sulfide) groups is 1. The quantitative estimate of drug-likeness (QED) is 0.716. The molecule has 0 unspecified atom stereocenters. The van der Waals surface area contributed by atoms with E-state index >= 15 is 0 Å². The van der Waals surface area contributed by atoms with Crippen LogP contribution in [-0.4, -0.2) is 27.9 Å². The van der Waals surface area contributed by atoms with Crippen LogP contribution in [0.2, 0.25) is 5.02 Å². The second-order valence-corrected chi connectivity index (χ2v) is 8.35. The number of rotatable bonds is 5. The lowest BCUT2D eigenvalue weighted by atomic mass is 10.00. The van der Waals surface area contributed by atoms with Gasteiger partial charge in [0.1, 0.15) is 0 Å². The van der Waals surface area contributed by atoms with E-state index in [0.29, 0.717) is 6.04 Å². The Balaban J connectivity index is 1.50. The molecule has 1 aliphatic heterocycles. The summed E-state index contributed by atoms with van der Waals surface area (Å²) in [5.41, 5.74) is 1.27. The van der Waals surface area contributed by atoms with Gasteiger partial charge < -0.3 is 4.90 Å². The van der Waals surface area contributed by atoms with Gasteiger partial charge in [-0.15, -0.1) is 10.2 Å². The van der Waals surface area contributed by atoms with Crippen LogP contribution < -0.4 is 4.90 Å². The maximum Gasteiger partial charge on any atom is 0.228 e. The predicted molar refractivity (Wildman–Crippen MR) is 99.9 cm³/mol. The van der Waals surface area contributed by atoms with Gasteiger partial charge in [-0.25, -0.2) is 0 Å². The van der Waals surface area contributed by atoms with Crippen LogP contribution in [-0.2, 0) is 5.75 Å². The highest BCUT2D eigenvalue weighted by Crippen LogP contribution is 2.41. The van der Waals surface area contributed by atoms with Crippen molar-refractivity contribution in [2.45, 2.75) is 49.6 Å². The smallest absolute Gasteiger partial charge is 0.228 e. The topological polar surface area (TPSA) is 34.0 Å². The first-order valence-corrected chi connectivity index (χ1v) is 10.1. The molecule has 2 heterocycles. The van der Waals surface area contributed by atoms with Crippen molar-refractivity contribution in [1.29, 1.82) is 0 Å². The molecule has 6 heteroatoms. The van der Waals surface area contributed by atoms with E-state index < -0.39 is 0 Å². The molecule has 0 bridgehead atoms. The third-order valence-corrected chi connectivity index (χ3v) is 6.17. The first-order valence-electron chi connectivity index (χ1n) is 8.78. The fourth-order valence-electron chi connectivity index (χ4n) is 3.17. The highest BCUT2D eigenvalue weighted by molar-refractivity contribution is 7.98. The van der Waals surface area contributed by atoms with Gasteiger partial charge in [-0.1, -0.05) is 42.4 Å². The fourth-order valence-corrected chi connectivity index (χ4v) is 4.26. The SMILES string of the molecule is CC1CCN(c2nnc(SCc3ccc(Cl)cc3)n2C2CC2)CC1. The highest BCUT2D eigenvalue weighted by atomic mass is 35.5. The van der Waals surface area contributed by atoms with Crippen LogP contribution in [0.5, 0.6) is 0 Å².